The molecule has 8 heteroatoms. The lowest BCUT2D eigenvalue weighted by Gasteiger charge is -2.31. The van der Waals surface area contributed by atoms with Crippen molar-refractivity contribution in [3.8, 4) is 0 Å². The molecule has 2 aromatic rings. The minimum Gasteiger partial charge on any atom is -0.324 e. The fraction of sp³-hybridized carbons (Fsp3) is 0.316. The highest BCUT2D eigenvalue weighted by molar-refractivity contribution is 7.92. The van der Waals surface area contributed by atoms with Gasteiger partial charge in [-0.05, 0) is 55.7 Å². The van der Waals surface area contributed by atoms with Crippen LogP contribution >= 0.6 is 23.2 Å². The molecule has 5 nitrogen and oxygen atoms in total. The van der Waals surface area contributed by atoms with E-state index >= 15 is 0 Å². The molecule has 0 saturated carbocycles. The lowest BCUT2D eigenvalue weighted by Crippen LogP contribution is -2.47. The van der Waals surface area contributed by atoms with Gasteiger partial charge in [0.1, 0.15) is 6.04 Å². The van der Waals surface area contributed by atoms with Gasteiger partial charge >= 0.3 is 0 Å². The molecule has 1 atom stereocenters. The molecule has 0 saturated heterocycles. The van der Waals surface area contributed by atoms with Crippen LogP contribution in [0.3, 0.4) is 0 Å². The number of halogens is 2. The van der Waals surface area contributed by atoms with Crippen LogP contribution in [-0.4, -0.2) is 26.6 Å². The van der Waals surface area contributed by atoms with E-state index in [1.807, 2.05) is 6.92 Å². The fourth-order valence-corrected chi connectivity index (χ4v) is 4.36. The Kier molecular flexibility index (Phi) is 6.78. The molecule has 1 amide bonds. The normalized spacial score (nSPS) is 12.5. The van der Waals surface area contributed by atoms with E-state index in [4.69, 9.17) is 23.2 Å². The van der Waals surface area contributed by atoms with Crippen LogP contribution in [0.5, 0.6) is 0 Å². The molecule has 0 aromatic heterocycles. The second kappa shape index (κ2) is 8.50. The van der Waals surface area contributed by atoms with Crippen molar-refractivity contribution < 1.29 is 13.2 Å². The van der Waals surface area contributed by atoms with E-state index in [2.05, 4.69) is 5.32 Å². The van der Waals surface area contributed by atoms with Crippen molar-refractivity contribution in [3.05, 3.63) is 57.6 Å². The molecule has 0 aliphatic carbocycles. The molecule has 0 unspecified atom stereocenters. The van der Waals surface area contributed by atoms with E-state index in [0.717, 1.165) is 16.1 Å². The largest absolute Gasteiger partial charge is 0.324 e. The van der Waals surface area contributed by atoms with Crippen molar-refractivity contribution in [1.29, 1.82) is 0 Å². The van der Waals surface area contributed by atoms with Crippen LogP contribution in [0, 0.1) is 13.8 Å². The molecule has 1 N–H and O–H groups in total. The van der Waals surface area contributed by atoms with E-state index in [-0.39, 0.29) is 6.42 Å². The molecule has 27 heavy (non-hydrogen) atoms. The lowest BCUT2D eigenvalue weighted by atomic mass is 10.1. The molecule has 0 spiro atoms. The van der Waals surface area contributed by atoms with Crippen LogP contribution in [-0.2, 0) is 14.8 Å². The molecule has 0 bridgehead atoms. The monoisotopic (exact) mass is 428 g/mol. The summed E-state index contributed by atoms with van der Waals surface area (Å²) in [6.07, 6.45) is 1.36. The second-order valence-corrected chi connectivity index (χ2v) is 9.07. The van der Waals surface area contributed by atoms with Crippen LogP contribution in [0.15, 0.2) is 36.4 Å². The zero-order valence-electron chi connectivity index (χ0n) is 15.6. The number of amides is 1. The van der Waals surface area contributed by atoms with Crippen LogP contribution < -0.4 is 9.62 Å². The Morgan fingerprint density at radius 2 is 1.74 bits per heavy atom. The van der Waals surface area contributed by atoms with Crippen molar-refractivity contribution in [1.82, 2.24) is 0 Å². The van der Waals surface area contributed by atoms with Gasteiger partial charge in [-0.25, -0.2) is 8.42 Å². The smallest absolute Gasteiger partial charge is 0.248 e. The second-order valence-electron chi connectivity index (χ2n) is 6.37. The van der Waals surface area contributed by atoms with E-state index in [9.17, 15) is 13.2 Å². The summed E-state index contributed by atoms with van der Waals surface area (Å²) in [6.45, 7) is 5.38. The zero-order chi connectivity index (χ0) is 20.4. The molecular weight excluding hydrogens is 407 g/mol. The predicted octanol–water partition coefficient (Wildman–Crippen LogP) is 4.79. The minimum atomic E-state index is -3.73. The SMILES string of the molecule is CC[C@@H](C(=O)Nc1ccc(C)c(Cl)c1)N(c1cc(Cl)ccc1C)S(C)(=O)=O. The number of nitrogens with one attached hydrogen (secondary N) is 1. The Labute approximate surface area is 170 Å². The summed E-state index contributed by atoms with van der Waals surface area (Å²) >= 11 is 12.2. The first kappa shape index (κ1) is 21.5. The van der Waals surface area contributed by atoms with Crippen molar-refractivity contribution in [2.75, 3.05) is 15.9 Å². The van der Waals surface area contributed by atoms with Gasteiger partial charge in [0.05, 0.1) is 11.9 Å². The minimum absolute atomic E-state index is 0.282. The zero-order valence-corrected chi connectivity index (χ0v) is 17.9. The van der Waals surface area contributed by atoms with Crippen molar-refractivity contribution >= 4 is 50.5 Å². The summed E-state index contributed by atoms with van der Waals surface area (Å²) in [6, 6.07) is 9.16. The molecule has 0 aliphatic heterocycles. The molecule has 2 aromatic carbocycles. The number of sulfonamides is 1. The highest BCUT2D eigenvalue weighted by Gasteiger charge is 2.32. The first-order valence-corrected chi connectivity index (χ1v) is 11.0. The van der Waals surface area contributed by atoms with Crippen molar-refractivity contribution in [3.63, 3.8) is 0 Å². The maximum Gasteiger partial charge on any atom is 0.248 e. The van der Waals surface area contributed by atoms with Crippen LogP contribution in [0.4, 0.5) is 11.4 Å². The van der Waals surface area contributed by atoms with E-state index in [1.165, 1.54) is 0 Å². The molecule has 2 rings (SSSR count). The Morgan fingerprint density at radius 3 is 2.30 bits per heavy atom. The van der Waals surface area contributed by atoms with Crippen LogP contribution in [0.2, 0.25) is 10.0 Å². The van der Waals surface area contributed by atoms with Gasteiger partial charge in [-0.2, -0.15) is 0 Å². The van der Waals surface area contributed by atoms with E-state index in [1.54, 1.807) is 50.2 Å². The Morgan fingerprint density at radius 1 is 1.11 bits per heavy atom. The molecule has 0 fully saturated rings. The quantitative estimate of drug-likeness (QED) is 0.718. The van der Waals surface area contributed by atoms with Gasteiger partial charge in [0.2, 0.25) is 15.9 Å². The number of anilines is 2. The van der Waals surface area contributed by atoms with Gasteiger partial charge in [0.25, 0.3) is 0 Å². The van der Waals surface area contributed by atoms with Gasteiger partial charge in [0, 0.05) is 15.7 Å². The molecule has 0 aliphatic rings. The number of carbonyl (C=O) groups is 1. The molecular formula is C19H22Cl2N2O3S. The third kappa shape index (κ3) is 5.15. The summed E-state index contributed by atoms with van der Waals surface area (Å²) in [7, 11) is -3.73. The van der Waals surface area contributed by atoms with Crippen LogP contribution in [0.25, 0.3) is 0 Å². The summed E-state index contributed by atoms with van der Waals surface area (Å²) < 4.78 is 26.2. The summed E-state index contributed by atoms with van der Waals surface area (Å²) in [5.74, 6) is -0.442. The standard InChI is InChI=1S/C19H22Cl2N2O3S/c1-5-17(19(24)22-15-9-7-12(2)16(21)11-15)23(27(4,25)26)18-10-14(20)8-6-13(18)3/h6-11,17H,5H2,1-4H3,(H,22,24)/t17-/m0/s1. The molecule has 0 radical (unpaired) electrons. The Bertz CT molecular complexity index is 961. The number of carbonyl (C=O) groups excluding carboxylic acids is 1. The third-order valence-corrected chi connectivity index (χ3v) is 5.99. The Balaban J connectivity index is 2.44. The van der Waals surface area contributed by atoms with Gasteiger partial charge < -0.3 is 5.32 Å². The molecule has 146 valence electrons. The van der Waals surface area contributed by atoms with Crippen LogP contribution in [0.1, 0.15) is 24.5 Å². The average Bonchev–Trinajstić information content (AvgIpc) is 2.57. The number of hydrogen-bond donors (Lipinski definition) is 1. The topological polar surface area (TPSA) is 66.5 Å². The van der Waals surface area contributed by atoms with Gasteiger partial charge in [-0.1, -0.05) is 42.3 Å². The summed E-state index contributed by atoms with van der Waals surface area (Å²) in [4.78, 5) is 12.9. The fourth-order valence-electron chi connectivity index (χ4n) is 2.75. The van der Waals surface area contributed by atoms with Gasteiger partial charge in [-0.15, -0.1) is 0 Å². The summed E-state index contributed by atoms with van der Waals surface area (Å²) in [5.41, 5.74) is 2.47. The van der Waals surface area contributed by atoms with Gasteiger partial charge in [0.15, 0.2) is 0 Å². The highest BCUT2D eigenvalue weighted by Crippen LogP contribution is 2.30. The van der Waals surface area contributed by atoms with E-state index in [0.29, 0.717) is 27.0 Å². The maximum atomic E-state index is 12.9. The molecule has 0 heterocycles. The predicted molar refractivity (Wildman–Crippen MR) is 112 cm³/mol. The third-order valence-electron chi connectivity index (χ3n) is 4.18. The first-order chi connectivity index (χ1) is 12.5. The maximum absolute atomic E-state index is 12.9. The number of rotatable bonds is 6. The Hall–Kier alpha value is -1.76. The summed E-state index contributed by atoms with van der Waals surface area (Å²) in [5, 5.41) is 3.67. The van der Waals surface area contributed by atoms with E-state index < -0.39 is 22.0 Å². The number of hydrogen-bond acceptors (Lipinski definition) is 3. The van der Waals surface area contributed by atoms with Gasteiger partial charge in [-0.3, -0.25) is 9.10 Å². The lowest BCUT2D eigenvalue weighted by molar-refractivity contribution is -0.117. The van der Waals surface area contributed by atoms with Crippen molar-refractivity contribution in [2.24, 2.45) is 0 Å². The number of nitrogens with zero attached hydrogens (tertiary/aromatic N) is 1. The number of aryl methyl sites for hydroxylation is 2. The average molecular weight is 429 g/mol. The highest BCUT2D eigenvalue weighted by atomic mass is 35.5. The number of benzene rings is 2. The van der Waals surface area contributed by atoms with Crippen molar-refractivity contribution in [2.45, 2.75) is 33.2 Å². The first-order valence-electron chi connectivity index (χ1n) is 8.37.